The molecule has 0 aliphatic rings. The Morgan fingerprint density at radius 3 is 2.27 bits per heavy atom. The second-order valence-corrected chi connectivity index (χ2v) is 9.42. The van der Waals surface area contributed by atoms with E-state index in [1.165, 1.54) is 0 Å². The number of para-hydroxylation sites is 1. The number of amides is 1. The highest BCUT2D eigenvalue weighted by Gasteiger charge is 2.35. The lowest BCUT2D eigenvalue weighted by atomic mass is 10.2. The van der Waals surface area contributed by atoms with Gasteiger partial charge in [0.05, 0.1) is 23.4 Å². The maximum Gasteiger partial charge on any atom is 0.340 e. The zero-order chi connectivity index (χ0) is 22.3. The van der Waals surface area contributed by atoms with Crippen molar-refractivity contribution < 1.29 is 14.3 Å². The van der Waals surface area contributed by atoms with E-state index in [0.717, 1.165) is 0 Å². The fraction of sp³-hybridized carbons (Fsp3) is 0.211. The third kappa shape index (κ3) is 6.99. The van der Waals surface area contributed by atoms with Crippen LogP contribution in [0, 0.1) is 0 Å². The van der Waals surface area contributed by atoms with E-state index in [1.54, 1.807) is 55.5 Å². The molecule has 0 spiro atoms. The van der Waals surface area contributed by atoms with Crippen molar-refractivity contribution in [3.8, 4) is 0 Å². The summed E-state index contributed by atoms with van der Waals surface area (Å²) in [5, 5.41) is 8.23. The van der Waals surface area contributed by atoms with E-state index in [0.29, 0.717) is 15.7 Å². The molecule has 30 heavy (non-hydrogen) atoms. The Labute approximate surface area is 202 Å². The van der Waals surface area contributed by atoms with Crippen LogP contribution in [-0.2, 0) is 4.74 Å². The molecule has 0 saturated heterocycles. The second-order valence-electron chi connectivity index (χ2n) is 5.79. The Hall–Kier alpha value is -1.58. The molecule has 2 aromatic carbocycles. The number of carbonyl (C=O) groups excluding carboxylic acids is 2. The van der Waals surface area contributed by atoms with Crippen LogP contribution in [0.2, 0.25) is 0 Å². The summed E-state index contributed by atoms with van der Waals surface area (Å²) in [6.45, 7) is 1.94. The first-order valence-electron chi connectivity index (χ1n) is 8.59. The molecule has 1 unspecified atom stereocenters. The molecule has 11 heteroatoms. The Morgan fingerprint density at radius 1 is 1.07 bits per heavy atom. The summed E-state index contributed by atoms with van der Waals surface area (Å²) >= 11 is 26.6. The molecular formula is C19H17BrCl3N3O3S. The predicted molar refractivity (Wildman–Crippen MR) is 127 cm³/mol. The van der Waals surface area contributed by atoms with Crippen LogP contribution in [0.25, 0.3) is 0 Å². The van der Waals surface area contributed by atoms with Gasteiger partial charge in [-0.05, 0) is 59.3 Å². The fourth-order valence-corrected chi connectivity index (χ4v) is 3.34. The van der Waals surface area contributed by atoms with E-state index < -0.39 is 21.8 Å². The monoisotopic (exact) mass is 551 g/mol. The van der Waals surface area contributed by atoms with Gasteiger partial charge in [0.15, 0.2) is 5.11 Å². The molecule has 0 bridgehead atoms. The van der Waals surface area contributed by atoms with E-state index in [9.17, 15) is 9.59 Å². The quantitative estimate of drug-likeness (QED) is 0.201. The highest BCUT2D eigenvalue weighted by molar-refractivity contribution is 9.10. The van der Waals surface area contributed by atoms with Crippen molar-refractivity contribution in [2.45, 2.75) is 16.9 Å². The molecule has 1 amide bonds. The van der Waals surface area contributed by atoms with Gasteiger partial charge in [-0.15, -0.1) is 0 Å². The van der Waals surface area contributed by atoms with Crippen molar-refractivity contribution in [2.24, 2.45) is 0 Å². The summed E-state index contributed by atoms with van der Waals surface area (Å²) < 4.78 is 3.68. The molecule has 1 atom stereocenters. The van der Waals surface area contributed by atoms with Gasteiger partial charge in [-0.2, -0.15) is 0 Å². The number of carbonyl (C=O) groups is 2. The summed E-state index contributed by atoms with van der Waals surface area (Å²) in [6, 6.07) is 13.4. The molecule has 0 saturated carbocycles. The van der Waals surface area contributed by atoms with Crippen molar-refractivity contribution >= 4 is 85.6 Å². The average Bonchev–Trinajstić information content (AvgIpc) is 2.67. The minimum Gasteiger partial charge on any atom is -0.462 e. The van der Waals surface area contributed by atoms with Crippen molar-refractivity contribution in [3.63, 3.8) is 0 Å². The minimum absolute atomic E-state index is 0.0236. The molecule has 0 heterocycles. The summed E-state index contributed by atoms with van der Waals surface area (Å²) in [5.41, 5.74) is 1.03. The number of alkyl halides is 3. The zero-order valence-corrected chi connectivity index (χ0v) is 20.2. The van der Waals surface area contributed by atoms with Crippen LogP contribution in [0.15, 0.2) is 53.0 Å². The highest BCUT2D eigenvalue weighted by atomic mass is 79.9. The molecular weight excluding hydrogens is 537 g/mol. The molecule has 160 valence electrons. The largest absolute Gasteiger partial charge is 0.462 e. The number of rotatable bonds is 6. The lowest BCUT2D eigenvalue weighted by Gasteiger charge is -2.28. The van der Waals surface area contributed by atoms with E-state index in [2.05, 4.69) is 31.9 Å². The number of nitrogens with one attached hydrogen (secondary N) is 3. The third-order valence-corrected chi connectivity index (χ3v) is 5.23. The van der Waals surface area contributed by atoms with Crippen molar-refractivity contribution in [1.29, 1.82) is 0 Å². The first kappa shape index (κ1) is 24.7. The zero-order valence-electron chi connectivity index (χ0n) is 15.5. The summed E-state index contributed by atoms with van der Waals surface area (Å²) in [5.74, 6) is -0.996. The molecule has 0 fully saturated rings. The van der Waals surface area contributed by atoms with Gasteiger partial charge in [0.25, 0.3) is 5.91 Å². The molecule has 3 N–H and O–H groups in total. The van der Waals surface area contributed by atoms with Crippen LogP contribution in [0.5, 0.6) is 0 Å². The highest BCUT2D eigenvalue weighted by Crippen LogP contribution is 2.30. The molecule has 0 aliphatic heterocycles. The minimum atomic E-state index is -1.93. The predicted octanol–water partition coefficient (Wildman–Crippen LogP) is 5.04. The Balaban J connectivity index is 2.15. The van der Waals surface area contributed by atoms with Gasteiger partial charge in [0.1, 0.15) is 6.17 Å². The SMILES string of the molecule is CCOC(=O)c1ccccc1NC(=S)NC(NC(=O)c1ccccc1Br)C(Cl)(Cl)Cl. The smallest absolute Gasteiger partial charge is 0.340 e. The Bertz CT molecular complexity index is 940. The molecule has 0 radical (unpaired) electrons. The van der Waals surface area contributed by atoms with E-state index in [1.807, 2.05) is 0 Å². The number of anilines is 1. The van der Waals surface area contributed by atoms with Gasteiger partial charge < -0.3 is 20.7 Å². The summed E-state index contributed by atoms with van der Waals surface area (Å²) in [6.07, 6.45) is -1.17. The second kappa shape index (κ2) is 11.2. The first-order valence-corrected chi connectivity index (χ1v) is 10.9. The van der Waals surface area contributed by atoms with Gasteiger partial charge in [0, 0.05) is 4.47 Å². The van der Waals surface area contributed by atoms with Gasteiger partial charge in [-0.3, -0.25) is 4.79 Å². The van der Waals surface area contributed by atoms with Crippen molar-refractivity contribution in [3.05, 3.63) is 64.1 Å². The number of ether oxygens (including phenoxy) is 1. The molecule has 6 nitrogen and oxygen atoms in total. The molecule has 0 aromatic heterocycles. The van der Waals surface area contributed by atoms with Crippen LogP contribution >= 0.6 is 63.0 Å². The molecule has 2 rings (SSSR count). The lowest BCUT2D eigenvalue weighted by Crippen LogP contribution is -2.56. The summed E-state index contributed by atoms with van der Waals surface area (Å²) in [7, 11) is 0. The van der Waals surface area contributed by atoms with Crippen LogP contribution in [-0.4, -0.2) is 33.6 Å². The van der Waals surface area contributed by atoms with Gasteiger partial charge in [-0.25, -0.2) is 4.79 Å². The number of hydrogen-bond acceptors (Lipinski definition) is 4. The van der Waals surface area contributed by atoms with Gasteiger partial charge in [-0.1, -0.05) is 59.1 Å². The van der Waals surface area contributed by atoms with Crippen molar-refractivity contribution in [2.75, 3.05) is 11.9 Å². The van der Waals surface area contributed by atoms with E-state index in [4.69, 9.17) is 51.8 Å². The maximum absolute atomic E-state index is 12.6. The van der Waals surface area contributed by atoms with Gasteiger partial charge in [0.2, 0.25) is 3.79 Å². The number of hydrogen-bond donors (Lipinski definition) is 3. The van der Waals surface area contributed by atoms with Gasteiger partial charge >= 0.3 is 5.97 Å². The van der Waals surface area contributed by atoms with Crippen molar-refractivity contribution in [1.82, 2.24) is 10.6 Å². The number of esters is 1. The van der Waals surface area contributed by atoms with E-state index >= 15 is 0 Å². The van der Waals surface area contributed by atoms with Crippen LogP contribution in [0.1, 0.15) is 27.6 Å². The van der Waals surface area contributed by atoms with Crippen LogP contribution < -0.4 is 16.0 Å². The first-order chi connectivity index (χ1) is 14.1. The third-order valence-electron chi connectivity index (χ3n) is 3.67. The standard InChI is InChI=1S/C19H17BrCl3N3O3S/c1-2-29-16(28)12-8-4-6-10-14(12)24-18(30)26-17(19(21,22)23)25-15(27)11-7-3-5-9-13(11)20/h3-10,17H,2H2,1H3,(H,25,27)(H2,24,26,30). The normalized spacial score (nSPS) is 11.9. The topological polar surface area (TPSA) is 79.5 Å². The fourth-order valence-electron chi connectivity index (χ4n) is 2.32. The maximum atomic E-state index is 12.6. The number of halogens is 4. The molecule has 2 aromatic rings. The Morgan fingerprint density at radius 2 is 1.67 bits per heavy atom. The Kier molecular flexibility index (Phi) is 9.18. The van der Waals surface area contributed by atoms with E-state index in [-0.39, 0.29) is 17.3 Å². The number of benzene rings is 2. The van der Waals surface area contributed by atoms with Crippen LogP contribution in [0.3, 0.4) is 0 Å². The van der Waals surface area contributed by atoms with Crippen LogP contribution in [0.4, 0.5) is 5.69 Å². The number of thiocarbonyl (C=S) groups is 1. The summed E-state index contributed by atoms with van der Waals surface area (Å²) in [4.78, 5) is 24.7. The average molecular weight is 554 g/mol. The lowest BCUT2D eigenvalue weighted by molar-refractivity contribution is 0.0527. The molecule has 0 aliphatic carbocycles.